The van der Waals surface area contributed by atoms with Gasteiger partial charge in [-0.1, -0.05) is 0 Å². The lowest BCUT2D eigenvalue weighted by Gasteiger charge is -2.09. The van der Waals surface area contributed by atoms with E-state index >= 15 is 0 Å². The Kier molecular flexibility index (Phi) is 4.37. The van der Waals surface area contributed by atoms with Crippen LogP contribution < -0.4 is 4.74 Å². The summed E-state index contributed by atoms with van der Waals surface area (Å²) in [4.78, 5) is 10.1. The van der Waals surface area contributed by atoms with E-state index < -0.39 is 0 Å². The third kappa shape index (κ3) is 4.37. The van der Waals surface area contributed by atoms with Gasteiger partial charge in [0.1, 0.15) is 6.61 Å². The minimum Gasteiger partial charge on any atom is -0.462 e. The quantitative estimate of drug-likeness (QED) is 0.777. The van der Waals surface area contributed by atoms with Crippen LogP contribution >= 0.6 is 22.6 Å². The zero-order chi connectivity index (χ0) is 9.68. The van der Waals surface area contributed by atoms with E-state index in [4.69, 9.17) is 4.74 Å². The molecule has 0 spiro atoms. The van der Waals surface area contributed by atoms with E-state index in [2.05, 4.69) is 32.6 Å². The summed E-state index contributed by atoms with van der Waals surface area (Å²) in [6, 6.07) is 0.447. The Morgan fingerprint density at radius 2 is 2.00 bits per heavy atom. The molecule has 0 fully saturated rings. The van der Waals surface area contributed by atoms with Crippen LogP contribution in [0.1, 0.15) is 0 Å². The summed E-state index contributed by atoms with van der Waals surface area (Å²) in [6.07, 6.45) is 3.47. The molecule has 1 aromatic heterocycles. The van der Waals surface area contributed by atoms with Gasteiger partial charge in [-0.2, -0.15) is 0 Å². The average molecular weight is 293 g/mol. The van der Waals surface area contributed by atoms with Crippen LogP contribution in [0, 0.1) is 3.57 Å². The smallest absolute Gasteiger partial charge is 0.316 e. The highest BCUT2D eigenvalue weighted by molar-refractivity contribution is 14.1. The van der Waals surface area contributed by atoms with Gasteiger partial charge in [-0.15, -0.1) is 0 Å². The first-order valence-corrected chi connectivity index (χ1v) is 5.01. The Morgan fingerprint density at radius 1 is 1.38 bits per heavy atom. The summed E-state index contributed by atoms with van der Waals surface area (Å²) in [5.41, 5.74) is 0. The predicted octanol–water partition coefficient (Wildman–Crippen LogP) is 1.02. The molecule has 72 valence electrons. The van der Waals surface area contributed by atoms with E-state index in [1.54, 1.807) is 12.4 Å². The number of hydrogen-bond acceptors (Lipinski definition) is 4. The van der Waals surface area contributed by atoms with Gasteiger partial charge in [0, 0.05) is 22.5 Å². The minimum absolute atomic E-state index is 0.447. The molecule has 13 heavy (non-hydrogen) atoms. The van der Waals surface area contributed by atoms with Gasteiger partial charge in [-0.3, -0.25) is 0 Å². The van der Waals surface area contributed by atoms with Crippen molar-refractivity contribution in [3.05, 3.63) is 16.0 Å². The van der Waals surface area contributed by atoms with Gasteiger partial charge in [0.2, 0.25) is 0 Å². The van der Waals surface area contributed by atoms with Crippen LogP contribution in [0.3, 0.4) is 0 Å². The number of hydrogen-bond donors (Lipinski definition) is 0. The first-order chi connectivity index (χ1) is 6.18. The molecule has 0 saturated carbocycles. The number of rotatable bonds is 4. The van der Waals surface area contributed by atoms with Crippen LogP contribution in [0.15, 0.2) is 12.4 Å². The van der Waals surface area contributed by atoms with Gasteiger partial charge in [0.15, 0.2) is 0 Å². The summed E-state index contributed by atoms with van der Waals surface area (Å²) >= 11 is 2.16. The molecule has 0 aliphatic rings. The highest BCUT2D eigenvalue weighted by Gasteiger charge is 1.96. The summed E-state index contributed by atoms with van der Waals surface area (Å²) < 4.78 is 6.32. The second kappa shape index (κ2) is 5.33. The lowest BCUT2D eigenvalue weighted by atomic mass is 10.6. The van der Waals surface area contributed by atoms with Gasteiger partial charge in [-0.05, 0) is 36.7 Å². The molecule has 0 unspecified atom stereocenters. The van der Waals surface area contributed by atoms with E-state index in [1.165, 1.54) is 0 Å². The lowest BCUT2D eigenvalue weighted by molar-refractivity contribution is 0.245. The number of aromatic nitrogens is 2. The molecular formula is C8H12IN3O. The normalized spacial score (nSPS) is 10.5. The fraction of sp³-hybridized carbons (Fsp3) is 0.500. The van der Waals surface area contributed by atoms with Crippen molar-refractivity contribution < 1.29 is 4.74 Å². The number of halogens is 1. The number of ether oxygens (including phenoxy) is 1. The van der Waals surface area contributed by atoms with Crippen molar-refractivity contribution in [2.45, 2.75) is 0 Å². The van der Waals surface area contributed by atoms with E-state index in [0.717, 1.165) is 10.1 Å². The molecule has 1 heterocycles. The SMILES string of the molecule is CN(C)CCOc1ncc(I)cn1. The molecule has 0 radical (unpaired) electrons. The highest BCUT2D eigenvalue weighted by Crippen LogP contribution is 2.04. The minimum atomic E-state index is 0.447. The van der Waals surface area contributed by atoms with Crippen molar-refractivity contribution >= 4 is 22.6 Å². The molecule has 0 aliphatic heterocycles. The van der Waals surface area contributed by atoms with Crippen LogP contribution in [0.2, 0.25) is 0 Å². The Balaban J connectivity index is 2.33. The molecule has 4 nitrogen and oxygen atoms in total. The second-order valence-corrected chi connectivity index (χ2v) is 4.08. The predicted molar refractivity (Wildman–Crippen MR) is 58.8 cm³/mol. The van der Waals surface area contributed by atoms with Crippen LogP contribution in [0.4, 0.5) is 0 Å². The maximum atomic E-state index is 5.30. The molecule has 0 bridgehead atoms. The van der Waals surface area contributed by atoms with E-state index in [9.17, 15) is 0 Å². The third-order valence-electron chi connectivity index (χ3n) is 1.37. The van der Waals surface area contributed by atoms with Crippen molar-refractivity contribution in [3.8, 4) is 6.01 Å². The molecule has 1 aromatic rings. The van der Waals surface area contributed by atoms with Crippen molar-refractivity contribution in [1.29, 1.82) is 0 Å². The summed E-state index contributed by atoms with van der Waals surface area (Å²) in [6.45, 7) is 1.49. The van der Waals surface area contributed by atoms with Gasteiger partial charge >= 0.3 is 6.01 Å². The van der Waals surface area contributed by atoms with Crippen LogP contribution in [-0.4, -0.2) is 42.1 Å². The first kappa shape index (κ1) is 10.6. The molecule has 0 aliphatic carbocycles. The maximum absolute atomic E-state index is 5.30. The topological polar surface area (TPSA) is 38.2 Å². The molecule has 5 heteroatoms. The van der Waals surface area contributed by atoms with Gasteiger partial charge < -0.3 is 9.64 Å². The van der Waals surface area contributed by atoms with Gasteiger partial charge in [0.25, 0.3) is 0 Å². The Morgan fingerprint density at radius 3 is 2.54 bits per heavy atom. The van der Waals surface area contributed by atoms with E-state index in [-0.39, 0.29) is 0 Å². The van der Waals surface area contributed by atoms with Gasteiger partial charge in [0.05, 0.1) is 0 Å². The van der Waals surface area contributed by atoms with E-state index in [1.807, 2.05) is 19.0 Å². The highest BCUT2D eigenvalue weighted by atomic mass is 127. The molecular weight excluding hydrogens is 281 g/mol. The van der Waals surface area contributed by atoms with E-state index in [0.29, 0.717) is 12.6 Å². The van der Waals surface area contributed by atoms with Crippen molar-refractivity contribution in [1.82, 2.24) is 14.9 Å². The number of nitrogens with zero attached hydrogens (tertiary/aromatic N) is 3. The Hall–Kier alpha value is -0.430. The fourth-order valence-electron chi connectivity index (χ4n) is 0.694. The largest absolute Gasteiger partial charge is 0.462 e. The van der Waals surface area contributed by atoms with Crippen LogP contribution in [-0.2, 0) is 0 Å². The fourth-order valence-corrected chi connectivity index (χ4v) is 0.973. The monoisotopic (exact) mass is 293 g/mol. The van der Waals surface area contributed by atoms with Crippen molar-refractivity contribution in [2.75, 3.05) is 27.2 Å². The average Bonchev–Trinajstić information content (AvgIpc) is 2.08. The van der Waals surface area contributed by atoms with Crippen LogP contribution in [0.25, 0.3) is 0 Å². The summed E-state index contributed by atoms with van der Waals surface area (Å²) in [7, 11) is 4.00. The molecule has 0 saturated heterocycles. The Labute approximate surface area is 91.5 Å². The lowest BCUT2D eigenvalue weighted by Crippen LogP contribution is -2.19. The zero-order valence-corrected chi connectivity index (χ0v) is 9.85. The van der Waals surface area contributed by atoms with Crippen molar-refractivity contribution in [2.24, 2.45) is 0 Å². The van der Waals surface area contributed by atoms with Crippen LogP contribution in [0.5, 0.6) is 6.01 Å². The number of likely N-dealkylation sites (N-methyl/N-ethyl adjacent to an activating group) is 1. The maximum Gasteiger partial charge on any atom is 0.316 e. The molecule has 0 aromatic carbocycles. The van der Waals surface area contributed by atoms with Gasteiger partial charge in [-0.25, -0.2) is 9.97 Å². The third-order valence-corrected chi connectivity index (χ3v) is 1.92. The Bertz CT molecular complexity index is 250. The zero-order valence-electron chi connectivity index (χ0n) is 7.70. The summed E-state index contributed by atoms with van der Waals surface area (Å²) in [5, 5.41) is 0. The first-order valence-electron chi connectivity index (χ1n) is 3.93. The molecule has 0 atom stereocenters. The standard InChI is InChI=1S/C8H12IN3O/c1-12(2)3-4-13-8-10-5-7(9)6-11-8/h5-6H,3-4H2,1-2H3. The molecule has 0 N–H and O–H groups in total. The summed E-state index contributed by atoms with van der Waals surface area (Å²) in [5.74, 6) is 0. The molecule has 0 amide bonds. The van der Waals surface area contributed by atoms with Crippen molar-refractivity contribution in [3.63, 3.8) is 0 Å². The molecule has 1 rings (SSSR count). The second-order valence-electron chi connectivity index (χ2n) is 2.84.